The van der Waals surface area contributed by atoms with Crippen LogP contribution in [0.25, 0.3) is 10.8 Å². The maximum Gasteiger partial charge on any atom is 0.408 e. The van der Waals surface area contributed by atoms with Crippen molar-refractivity contribution in [1.29, 1.82) is 0 Å². The summed E-state index contributed by atoms with van der Waals surface area (Å²) >= 11 is 6.14. The van der Waals surface area contributed by atoms with Crippen molar-refractivity contribution >= 4 is 48.7 Å². The highest BCUT2D eigenvalue weighted by Crippen LogP contribution is 2.41. The van der Waals surface area contributed by atoms with E-state index in [0.29, 0.717) is 5.56 Å². The smallest absolute Gasteiger partial charge is 0.408 e. The van der Waals surface area contributed by atoms with E-state index in [4.69, 9.17) is 4.74 Å². The molecule has 0 saturated heterocycles. The highest BCUT2D eigenvalue weighted by molar-refractivity contribution is 9.25. The van der Waals surface area contributed by atoms with Gasteiger partial charge in [-0.2, -0.15) is 0 Å². The number of hydrogen-bond donors (Lipinski definition) is 1. The summed E-state index contributed by atoms with van der Waals surface area (Å²) in [5.74, 6) is 0. The Morgan fingerprint density at radius 1 is 1.16 bits per heavy atom. The van der Waals surface area contributed by atoms with Crippen LogP contribution < -0.4 is 5.32 Å². The van der Waals surface area contributed by atoms with Gasteiger partial charge in [0.1, 0.15) is 11.6 Å². The van der Waals surface area contributed by atoms with Crippen LogP contribution in [0.1, 0.15) is 32.4 Å². The van der Waals surface area contributed by atoms with Gasteiger partial charge in [-0.15, -0.1) is 0 Å². The first-order valence-electron chi connectivity index (χ1n) is 7.51. The van der Waals surface area contributed by atoms with E-state index in [1.165, 1.54) is 0 Å². The molecule has 8 heteroatoms. The zero-order chi connectivity index (χ0) is 18.8. The van der Waals surface area contributed by atoms with Crippen LogP contribution in [0.15, 0.2) is 42.5 Å². The monoisotopic (exact) mass is 472 g/mol. The molecule has 1 atom stereocenters. The first kappa shape index (κ1) is 19.7. The summed E-state index contributed by atoms with van der Waals surface area (Å²) < 4.78 is 3.46. The van der Waals surface area contributed by atoms with Crippen LogP contribution in [-0.2, 0) is 4.74 Å². The Kier molecular flexibility index (Phi) is 5.73. The minimum absolute atomic E-state index is 0.551. The Labute approximate surface area is 162 Å². The van der Waals surface area contributed by atoms with Crippen molar-refractivity contribution in [3.63, 3.8) is 0 Å². The molecule has 0 saturated carbocycles. The normalized spacial score (nSPS) is 13.3. The number of ether oxygens (including phenoxy) is 1. The van der Waals surface area contributed by atoms with E-state index in [1.54, 1.807) is 32.9 Å². The number of carbonyl (C=O) groups excluding carboxylic acids is 1. The largest absolute Gasteiger partial charge is 0.444 e. The van der Waals surface area contributed by atoms with Crippen molar-refractivity contribution < 1.29 is 14.5 Å². The molecule has 2 aromatic rings. The fraction of sp³-hybridized carbons (Fsp3) is 0.353. The number of benzene rings is 2. The summed E-state index contributed by atoms with van der Waals surface area (Å²) in [7, 11) is 0. The van der Waals surface area contributed by atoms with Gasteiger partial charge in [0.15, 0.2) is 0 Å². The lowest BCUT2D eigenvalue weighted by molar-refractivity contribution is -0.509. The summed E-state index contributed by atoms with van der Waals surface area (Å²) in [6, 6.07) is 12.0. The van der Waals surface area contributed by atoms with Crippen molar-refractivity contribution in [3.8, 4) is 0 Å². The molecule has 0 aliphatic carbocycles. The molecule has 25 heavy (non-hydrogen) atoms. The number of halogens is 2. The Balaban J connectivity index is 2.42. The molecule has 0 spiro atoms. The molecule has 0 aliphatic heterocycles. The third-order valence-electron chi connectivity index (χ3n) is 3.36. The van der Waals surface area contributed by atoms with Gasteiger partial charge in [0.2, 0.25) is 0 Å². The number of alkyl carbamates (subject to hydrolysis) is 1. The highest BCUT2D eigenvalue weighted by atomic mass is 79.9. The third kappa shape index (κ3) is 4.92. The van der Waals surface area contributed by atoms with Crippen molar-refractivity contribution in [2.75, 3.05) is 0 Å². The lowest BCUT2D eigenvalue weighted by Crippen LogP contribution is -2.44. The summed E-state index contributed by atoms with van der Waals surface area (Å²) in [6.07, 6.45) is -0.740. The molecule has 134 valence electrons. The average Bonchev–Trinajstić information content (AvgIpc) is 2.50. The molecular weight excluding hydrogens is 456 g/mol. The van der Waals surface area contributed by atoms with Crippen LogP contribution in [0.3, 0.4) is 0 Å². The predicted octanol–water partition coefficient (Wildman–Crippen LogP) is 5.13. The number of fused-ring (bicyclic) bond motifs is 1. The van der Waals surface area contributed by atoms with Crippen LogP contribution in [0.2, 0.25) is 0 Å². The van der Waals surface area contributed by atoms with E-state index in [1.807, 2.05) is 30.3 Å². The lowest BCUT2D eigenvalue weighted by Gasteiger charge is -2.27. The van der Waals surface area contributed by atoms with E-state index in [0.717, 1.165) is 10.8 Å². The number of rotatable bonds is 4. The second kappa shape index (κ2) is 7.29. The van der Waals surface area contributed by atoms with Gasteiger partial charge in [-0.25, -0.2) is 4.79 Å². The molecule has 6 nitrogen and oxygen atoms in total. The topological polar surface area (TPSA) is 81.5 Å². The number of nitrogens with one attached hydrogen (secondary N) is 1. The molecular formula is C17H18Br2N2O4. The standard InChI is InChI=1S/C17H18Br2N2O4/c1-16(2,3)25-15(22)20-14(17(18,19)21(23)24)13-9-8-11-6-4-5-7-12(11)10-13/h4-10,14H,1-3H3,(H,20,22). The van der Waals surface area contributed by atoms with E-state index >= 15 is 0 Å². The van der Waals surface area contributed by atoms with Crippen molar-refractivity contribution in [2.24, 2.45) is 0 Å². The van der Waals surface area contributed by atoms with Crippen LogP contribution in [0.5, 0.6) is 0 Å². The second-order valence-electron chi connectivity index (χ2n) is 6.53. The molecule has 2 rings (SSSR count). The SMILES string of the molecule is CC(C)(C)OC(=O)NC(c1ccc2ccccc2c1)C(Br)(Br)[N+](=O)[O-]. The number of hydrogen-bond acceptors (Lipinski definition) is 4. The molecule has 1 N–H and O–H groups in total. The fourth-order valence-corrected chi connectivity index (χ4v) is 3.05. The van der Waals surface area contributed by atoms with Gasteiger partial charge < -0.3 is 10.1 Å². The number of nitrogens with zero attached hydrogens (tertiary/aromatic N) is 1. The maximum atomic E-state index is 12.2. The Hall–Kier alpha value is -1.67. The van der Waals surface area contributed by atoms with Gasteiger partial charge in [0.25, 0.3) is 0 Å². The average molecular weight is 474 g/mol. The van der Waals surface area contributed by atoms with Crippen molar-refractivity contribution in [1.82, 2.24) is 5.32 Å². The summed E-state index contributed by atoms with van der Waals surface area (Å²) in [5.41, 5.74) is -0.150. The zero-order valence-electron chi connectivity index (χ0n) is 14.0. The highest BCUT2D eigenvalue weighted by Gasteiger charge is 2.48. The van der Waals surface area contributed by atoms with Gasteiger partial charge >= 0.3 is 9.45 Å². The summed E-state index contributed by atoms with van der Waals surface area (Å²) in [4.78, 5) is 23.1. The van der Waals surface area contributed by atoms with Crippen LogP contribution in [0, 0.1) is 10.1 Å². The molecule has 2 aromatic carbocycles. The molecule has 0 fully saturated rings. The number of amides is 1. The van der Waals surface area contributed by atoms with E-state index in [-0.39, 0.29) is 0 Å². The molecule has 0 bridgehead atoms. The molecule has 1 unspecified atom stereocenters. The summed E-state index contributed by atoms with van der Waals surface area (Å²) in [5, 5.41) is 16.0. The van der Waals surface area contributed by atoms with E-state index in [9.17, 15) is 14.9 Å². The van der Waals surface area contributed by atoms with Gasteiger partial charge in [0.05, 0.1) is 4.92 Å². The minimum Gasteiger partial charge on any atom is -0.444 e. The second-order valence-corrected chi connectivity index (χ2v) is 10.0. The number of carbonyl (C=O) groups is 1. The van der Waals surface area contributed by atoms with E-state index in [2.05, 4.69) is 37.2 Å². The Morgan fingerprint density at radius 3 is 2.32 bits per heavy atom. The third-order valence-corrected chi connectivity index (χ3v) is 4.85. The first-order chi connectivity index (χ1) is 11.5. The molecule has 0 heterocycles. The van der Waals surface area contributed by atoms with Gasteiger partial charge in [0, 0.05) is 31.9 Å². The first-order valence-corrected chi connectivity index (χ1v) is 9.10. The maximum absolute atomic E-state index is 12.2. The number of nitro groups is 1. The Bertz CT molecular complexity index is 803. The fourth-order valence-electron chi connectivity index (χ4n) is 2.29. The van der Waals surface area contributed by atoms with Crippen molar-refractivity contribution in [2.45, 2.75) is 35.8 Å². The van der Waals surface area contributed by atoms with Crippen LogP contribution >= 0.6 is 31.9 Å². The molecule has 0 aliphatic rings. The molecule has 0 aromatic heterocycles. The zero-order valence-corrected chi connectivity index (χ0v) is 17.1. The van der Waals surface area contributed by atoms with E-state index < -0.39 is 26.0 Å². The predicted molar refractivity (Wildman–Crippen MR) is 104 cm³/mol. The van der Waals surface area contributed by atoms with Crippen LogP contribution in [0.4, 0.5) is 4.79 Å². The van der Waals surface area contributed by atoms with Gasteiger partial charge in [-0.1, -0.05) is 36.4 Å². The molecule has 0 radical (unpaired) electrons. The minimum atomic E-state index is -1.78. The van der Waals surface area contributed by atoms with Crippen LogP contribution in [-0.4, -0.2) is 20.0 Å². The van der Waals surface area contributed by atoms with Gasteiger partial charge in [-0.3, -0.25) is 10.1 Å². The lowest BCUT2D eigenvalue weighted by atomic mass is 10.0. The van der Waals surface area contributed by atoms with Crippen molar-refractivity contribution in [3.05, 3.63) is 58.1 Å². The number of alkyl halides is 2. The summed E-state index contributed by atoms with van der Waals surface area (Å²) in [6.45, 7) is 5.17. The van der Waals surface area contributed by atoms with Gasteiger partial charge in [-0.05, 0) is 43.2 Å². The quantitative estimate of drug-likeness (QED) is 0.289. The molecule has 1 amide bonds. The Morgan fingerprint density at radius 2 is 1.76 bits per heavy atom.